The highest BCUT2D eigenvalue weighted by atomic mass is 35.5. The molecule has 0 heterocycles. The number of benzene rings is 3. The number of nitrogens with zero attached hydrogens (tertiary/aromatic N) is 2. The lowest BCUT2D eigenvalue weighted by atomic mass is 10.1. The van der Waals surface area contributed by atoms with Gasteiger partial charge in [-0.1, -0.05) is 79.4 Å². The highest BCUT2D eigenvalue weighted by molar-refractivity contribution is 7.92. The van der Waals surface area contributed by atoms with Crippen LogP contribution in [0.2, 0.25) is 10.0 Å². The molecule has 218 valence electrons. The molecule has 1 aliphatic carbocycles. The molecular formula is C31H35Cl2N3O4S. The molecule has 0 bridgehead atoms. The lowest BCUT2D eigenvalue weighted by molar-refractivity contribution is -0.139. The maximum Gasteiger partial charge on any atom is 0.264 e. The van der Waals surface area contributed by atoms with Crippen molar-refractivity contribution in [3.8, 4) is 0 Å². The quantitative estimate of drug-likeness (QED) is 0.277. The minimum atomic E-state index is -4.11. The number of anilines is 1. The number of halogens is 2. The molecule has 2 amide bonds. The summed E-state index contributed by atoms with van der Waals surface area (Å²) in [7, 11) is -4.11. The van der Waals surface area contributed by atoms with Gasteiger partial charge in [0.1, 0.15) is 12.6 Å². The van der Waals surface area contributed by atoms with Gasteiger partial charge in [-0.3, -0.25) is 13.9 Å². The van der Waals surface area contributed by atoms with E-state index in [9.17, 15) is 18.0 Å². The van der Waals surface area contributed by atoms with Crippen LogP contribution in [0.1, 0.15) is 50.7 Å². The number of hydrogen-bond donors (Lipinski definition) is 1. The third-order valence-corrected chi connectivity index (χ3v) is 9.84. The number of rotatable bonds is 11. The van der Waals surface area contributed by atoms with E-state index in [0.29, 0.717) is 21.3 Å². The van der Waals surface area contributed by atoms with Crippen molar-refractivity contribution in [1.29, 1.82) is 0 Å². The van der Waals surface area contributed by atoms with Gasteiger partial charge in [0.25, 0.3) is 10.0 Å². The number of nitrogens with one attached hydrogen (secondary N) is 1. The van der Waals surface area contributed by atoms with Gasteiger partial charge in [0.2, 0.25) is 11.8 Å². The summed E-state index contributed by atoms with van der Waals surface area (Å²) >= 11 is 12.5. The third-order valence-electron chi connectivity index (χ3n) is 7.47. The van der Waals surface area contributed by atoms with Crippen molar-refractivity contribution in [1.82, 2.24) is 10.2 Å². The van der Waals surface area contributed by atoms with Crippen molar-refractivity contribution >= 4 is 50.7 Å². The third kappa shape index (κ3) is 7.61. The second-order valence-corrected chi connectivity index (χ2v) is 13.0. The van der Waals surface area contributed by atoms with E-state index >= 15 is 0 Å². The van der Waals surface area contributed by atoms with Crippen LogP contribution in [-0.4, -0.2) is 43.8 Å². The standard InChI is InChI=1S/C31H35Cl2N3O4S/c1-3-23-13-17-27(18-14-23)36(41(39,40)28-11-5-4-6-12-28)21-30(37)35(20-24-15-16-25(32)19-29(24)33)22(2)31(38)34-26-9-7-8-10-26/h4-6,11-19,22,26H,3,7-10,20-21H2,1-2H3,(H,34,38)/t22-/m0/s1. The van der Waals surface area contributed by atoms with Crippen molar-refractivity contribution in [2.75, 3.05) is 10.8 Å². The van der Waals surface area contributed by atoms with Gasteiger partial charge in [0.15, 0.2) is 0 Å². The Balaban J connectivity index is 1.69. The smallest absolute Gasteiger partial charge is 0.264 e. The van der Waals surface area contributed by atoms with E-state index in [1.54, 1.807) is 55.5 Å². The number of amides is 2. The van der Waals surface area contributed by atoms with Gasteiger partial charge in [-0.05, 0) is 73.7 Å². The van der Waals surface area contributed by atoms with Gasteiger partial charge >= 0.3 is 0 Å². The molecule has 0 aromatic heterocycles. The van der Waals surface area contributed by atoms with Crippen LogP contribution in [-0.2, 0) is 32.6 Å². The number of sulfonamides is 1. The molecule has 10 heteroatoms. The van der Waals surface area contributed by atoms with Crippen LogP contribution in [0, 0.1) is 0 Å². The van der Waals surface area contributed by atoms with Crippen LogP contribution < -0.4 is 9.62 Å². The molecular weight excluding hydrogens is 581 g/mol. The highest BCUT2D eigenvalue weighted by Crippen LogP contribution is 2.27. The summed E-state index contributed by atoms with van der Waals surface area (Å²) < 4.78 is 28.8. The van der Waals surface area contributed by atoms with Crippen LogP contribution in [0.15, 0.2) is 77.7 Å². The average Bonchev–Trinajstić information content (AvgIpc) is 3.48. The Morgan fingerprint density at radius 3 is 2.24 bits per heavy atom. The molecule has 0 spiro atoms. The van der Waals surface area contributed by atoms with E-state index in [2.05, 4.69) is 5.32 Å². The van der Waals surface area contributed by atoms with Crippen molar-refractivity contribution in [2.45, 2.75) is 69.5 Å². The fraction of sp³-hybridized carbons (Fsp3) is 0.355. The Bertz CT molecular complexity index is 1460. The molecule has 0 radical (unpaired) electrons. The Hall–Kier alpha value is -3.07. The first-order valence-electron chi connectivity index (χ1n) is 13.8. The molecule has 7 nitrogen and oxygen atoms in total. The molecule has 1 saturated carbocycles. The van der Waals surface area contributed by atoms with Crippen molar-refractivity contribution in [2.24, 2.45) is 0 Å². The fourth-order valence-corrected chi connectivity index (χ4v) is 6.86. The van der Waals surface area contributed by atoms with E-state index in [1.807, 2.05) is 19.1 Å². The molecule has 0 saturated heterocycles. The van der Waals surface area contributed by atoms with E-state index in [-0.39, 0.29) is 23.4 Å². The van der Waals surface area contributed by atoms with Crippen molar-refractivity contribution in [3.05, 3.63) is 94.0 Å². The first-order chi connectivity index (χ1) is 19.6. The minimum Gasteiger partial charge on any atom is -0.352 e. The Morgan fingerprint density at radius 1 is 0.976 bits per heavy atom. The number of carbonyl (C=O) groups is 2. The van der Waals surface area contributed by atoms with Crippen LogP contribution in [0.25, 0.3) is 0 Å². The van der Waals surface area contributed by atoms with Gasteiger partial charge in [0.05, 0.1) is 10.6 Å². The van der Waals surface area contributed by atoms with Crippen molar-refractivity contribution < 1.29 is 18.0 Å². The van der Waals surface area contributed by atoms with Crippen LogP contribution in [0.3, 0.4) is 0 Å². The summed E-state index contributed by atoms with van der Waals surface area (Å²) in [6, 6.07) is 19.2. The maximum absolute atomic E-state index is 14.1. The normalized spacial score (nSPS) is 14.4. The molecule has 3 aromatic carbocycles. The lowest BCUT2D eigenvalue weighted by Crippen LogP contribution is -2.52. The van der Waals surface area contributed by atoms with E-state index in [4.69, 9.17) is 23.2 Å². The summed E-state index contributed by atoms with van der Waals surface area (Å²) in [6.07, 6.45) is 4.67. The molecule has 1 aliphatic rings. The fourth-order valence-electron chi connectivity index (χ4n) is 4.95. The van der Waals surface area contributed by atoms with Gasteiger partial charge in [-0.2, -0.15) is 0 Å². The summed E-state index contributed by atoms with van der Waals surface area (Å²) in [6.45, 7) is 3.16. The van der Waals surface area contributed by atoms with Crippen molar-refractivity contribution in [3.63, 3.8) is 0 Å². The molecule has 3 aromatic rings. The molecule has 4 rings (SSSR count). The molecule has 1 atom stereocenters. The molecule has 1 N–H and O–H groups in total. The first-order valence-corrected chi connectivity index (χ1v) is 16.0. The van der Waals surface area contributed by atoms with E-state index in [0.717, 1.165) is 42.0 Å². The number of carbonyl (C=O) groups excluding carboxylic acids is 2. The number of hydrogen-bond acceptors (Lipinski definition) is 4. The molecule has 0 aliphatic heterocycles. The van der Waals surface area contributed by atoms with Gasteiger partial charge in [-0.15, -0.1) is 0 Å². The van der Waals surface area contributed by atoms with Crippen LogP contribution in [0.5, 0.6) is 0 Å². The lowest BCUT2D eigenvalue weighted by Gasteiger charge is -2.32. The maximum atomic E-state index is 14.1. The first kappa shape index (κ1) is 30.9. The SMILES string of the molecule is CCc1ccc(N(CC(=O)N(Cc2ccc(Cl)cc2Cl)[C@@H](C)C(=O)NC2CCCC2)S(=O)(=O)c2ccccc2)cc1. The molecule has 41 heavy (non-hydrogen) atoms. The predicted molar refractivity (Wildman–Crippen MR) is 164 cm³/mol. The Kier molecular flexibility index (Phi) is 10.3. The van der Waals surface area contributed by atoms with Gasteiger partial charge in [0, 0.05) is 22.6 Å². The zero-order valence-corrected chi connectivity index (χ0v) is 25.6. The molecule has 0 unspecified atom stereocenters. The number of aryl methyl sites for hydroxylation is 1. The Labute approximate surface area is 252 Å². The van der Waals surface area contributed by atoms with E-state index in [1.165, 1.54) is 17.0 Å². The van der Waals surface area contributed by atoms with E-state index < -0.39 is 28.5 Å². The topological polar surface area (TPSA) is 86.8 Å². The second kappa shape index (κ2) is 13.7. The Morgan fingerprint density at radius 2 is 1.63 bits per heavy atom. The largest absolute Gasteiger partial charge is 0.352 e. The zero-order chi connectivity index (χ0) is 29.6. The van der Waals surface area contributed by atoms with Gasteiger partial charge in [-0.25, -0.2) is 8.42 Å². The van der Waals surface area contributed by atoms with Gasteiger partial charge < -0.3 is 10.2 Å². The van der Waals surface area contributed by atoms with Crippen LogP contribution >= 0.6 is 23.2 Å². The predicted octanol–water partition coefficient (Wildman–Crippen LogP) is 6.23. The monoisotopic (exact) mass is 615 g/mol. The highest BCUT2D eigenvalue weighted by Gasteiger charge is 2.33. The molecule has 1 fully saturated rings. The summed E-state index contributed by atoms with van der Waals surface area (Å²) in [4.78, 5) is 28.8. The summed E-state index contributed by atoms with van der Waals surface area (Å²) in [5.74, 6) is -0.829. The minimum absolute atomic E-state index is 0.00207. The summed E-state index contributed by atoms with van der Waals surface area (Å²) in [5.41, 5.74) is 1.98. The second-order valence-electron chi connectivity index (χ2n) is 10.3. The summed E-state index contributed by atoms with van der Waals surface area (Å²) in [5, 5.41) is 3.85. The zero-order valence-electron chi connectivity index (χ0n) is 23.2. The average molecular weight is 617 g/mol. The van der Waals surface area contributed by atoms with Crippen LogP contribution in [0.4, 0.5) is 5.69 Å².